The monoisotopic (exact) mass is 261 g/mol. The molecule has 0 saturated heterocycles. The summed E-state index contributed by atoms with van der Waals surface area (Å²) in [7, 11) is 0. The van der Waals surface area contributed by atoms with E-state index in [-0.39, 0.29) is 0 Å². The quantitative estimate of drug-likeness (QED) is 0.739. The Morgan fingerprint density at radius 2 is 2.00 bits per heavy atom. The van der Waals surface area contributed by atoms with Crippen LogP contribution in [0.2, 0.25) is 0 Å². The minimum atomic E-state index is 0.804. The third kappa shape index (κ3) is 4.08. The first-order valence-electron chi connectivity index (χ1n) is 6.37. The maximum absolute atomic E-state index is 5.63. The van der Waals surface area contributed by atoms with Gasteiger partial charge in [0.25, 0.3) is 0 Å². The Morgan fingerprint density at radius 3 is 2.67 bits per heavy atom. The molecule has 0 spiro atoms. The van der Waals surface area contributed by atoms with Crippen LogP contribution in [0.5, 0.6) is 5.75 Å². The van der Waals surface area contributed by atoms with Crippen molar-refractivity contribution in [3.05, 3.63) is 46.7 Å². The van der Waals surface area contributed by atoms with Crippen molar-refractivity contribution in [3.8, 4) is 5.75 Å². The number of anilines is 1. The summed E-state index contributed by atoms with van der Waals surface area (Å²) in [6.45, 7) is 3.85. The summed E-state index contributed by atoms with van der Waals surface area (Å²) in [5.41, 5.74) is 1.13. The van der Waals surface area contributed by atoms with Gasteiger partial charge in [0.15, 0.2) is 0 Å². The Labute approximate surface area is 113 Å². The molecule has 18 heavy (non-hydrogen) atoms. The molecule has 2 aromatic rings. The minimum Gasteiger partial charge on any atom is -0.494 e. The predicted octanol–water partition coefficient (Wildman–Crippen LogP) is 4.54. The third-order valence-corrected chi connectivity index (χ3v) is 3.54. The second kappa shape index (κ2) is 7.07. The highest BCUT2D eigenvalue weighted by Gasteiger charge is 1.96. The molecule has 0 aliphatic rings. The summed E-state index contributed by atoms with van der Waals surface area (Å²) in [4.78, 5) is 1.35. The first-order chi connectivity index (χ1) is 8.88. The highest BCUT2D eigenvalue weighted by molar-refractivity contribution is 7.09. The zero-order valence-electron chi connectivity index (χ0n) is 10.7. The standard InChI is InChI=1S/C15H19NOS/c1-2-3-10-17-14-8-6-13(7-9-14)16-12-15-5-4-11-18-15/h4-9,11,16H,2-3,10,12H2,1H3. The van der Waals surface area contributed by atoms with Gasteiger partial charge in [-0.1, -0.05) is 19.4 Å². The predicted molar refractivity (Wildman–Crippen MR) is 78.5 cm³/mol. The van der Waals surface area contributed by atoms with Gasteiger partial charge in [-0.05, 0) is 42.1 Å². The number of nitrogens with one attached hydrogen (secondary N) is 1. The van der Waals surface area contributed by atoms with Crippen molar-refractivity contribution in [3.63, 3.8) is 0 Å². The Bertz CT molecular complexity index is 436. The largest absolute Gasteiger partial charge is 0.494 e. The lowest BCUT2D eigenvalue weighted by Gasteiger charge is -2.08. The number of thiophene rings is 1. The van der Waals surface area contributed by atoms with E-state index in [9.17, 15) is 0 Å². The molecule has 1 N–H and O–H groups in total. The number of ether oxygens (including phenoxy) is 1. The fraction of sp³-hybridized carbons (Fsp3) is 0.333. The molecular formula is C15H19NOS. The summed E-state index contributed by atoms with van der Waals surface area (Å²) >= 11 is 1.77. The van der Waals surface area contributed by atoms with Crippen molar-refractivity contribution in [2.24, 2.45) is 0 Å². The zero-order valence-corrected chi connectivity index (χ0v) is 11.5. The third-order valence-electron chi connectivity index (χ3n) is 2.67. The van der Waals surface area contributed by atoms with Gasteiger partial charge in [0.1, 0.15) is 5.75 Å². The van der Waals surface area contributed by atoms with Crippen LogP contribution in [-0.2, 0) is 6.54 Å². The summed E-state index contributed by atoms with van der Waals surface area (Å²) in [6, 6.07) is 12.4. The summed E-state index contributed by atoms with van der Waals surface area (Å²) in [5, 5.41) is 5.50. The maximum atomic E-state index is 5.63. The Morgan fingerprint density at radius 1 is 1.17 bits per heavy atom. The van der Waals surface area contributed by atoms with Crippen molar-refractivity contribution in [1.82, 2.24) is 0 Å². The second-order valence-corrected chi connectivity index (χ2v) is 5.19. The van der Waals surface area contributed by atoms with Gasteiger partial charge in [0.05, 0.1) is 6.61 Å². The molecule has 3 heteroatoms. The van der Waals surface area contributed by atoms with Crippen molar-refractivity contribution in [2.45, 2.75) is 26.3 Å². The lowest BCUT2D eigenvalue weighted by molar-refractivity contribution is 0.309. The molecule has 0 amide bonds. The maximum Gasteiger partial charge on any atom is 0.119 e. The average molecular weight is 261 g/mol. The molecule has 2 nitrogen and oxygen atoms in total. The SMILES string of the molecule is CCCCOc1ccc(NCc2cccs2)cc1. The number of unbranched alkanes of at least 4 members (excludes halogenated alkanes) is 1. The van der Waals surface area contributed by atoms with E-state index in [0.29, 0.717) is 0 Å². The molecule has 0 saturated carbocycles. The van der Waals surface area contributed by atoms with E-state index < -0.39 is 0 Å². The van der Waals surface area contributed by atoms with Gasteiger partial charge >= 0.3 is 0 Å². The van der Waals surface area contributed by atoms with Crippen molar-refractivity contribution in [2.75, 3.05) is 11.9 Å². The van der Waals surface area contributed by atoms with Gasteiger partial charge in [-0.3, -0.25) is 0 Å². The first-order valence-corrected chi connectivity index (χ1v) is 7.25. The Kier molecular flexibility index (Phi) is 5.09. The fourth-order valence-corrected chi connectivity index (χ4v) is 2.25. The number of rotatable bonds is 7. The topological polar surface area (TPSA) is 21.3 Å². The second-order valence-electron chi connectivity index (χ2n) is 4.16. The average Bonchev–Trinajstić information content (AvgIpc) is 2.91. The van der Waals surface area contributed by atoms with E-state index in [1.165, 1.54) is 11.3 Å². The molecular weight excluding hydrogens is 242 g/mol. The summed E-state index contributed by atoms with van der Waals surface area (Å²) in [5.74, 6) is 0.949. The molecule has 0 radical (unpaired) electrons. The van der Waals surface area contributed by atoms with Crippen LogP contribution in [0, 0.1) is 0 Å². The molecule has 0 aliphatic carbocycles. The molecule has 96 valence electrons. The molecule has 0 fully saturated rings. The molecule has 1 aromatic heterocycles. The van der Waals surface area contributed by atoms with E-state index in [0.717, 1.165) is 31.0 Å². The van der Waals surface area contributed by atoms with Crippen LogP contribution in [-0.4, -0.2) is 6.61 Å². The summed E-state index contributed by atoms with van der Waals surface area (Å²) in [6.07, 6.45) is 2.28. The van der Waals surface area contributed by atoms with Gasteiger partial charge < -0.3 is 10.1 Å². The normalized spacial score (nSPS) is 10.3. The van der Waals surface area contributed by atoms with Gasteiger partial charge in [-0.2, -0.15) is 0 Å². The van der Waals surface area contributed by atoms with Crippen molar-refractivity contribution >= 4 is 17.0 Å². The molecule has 1 heterocycles. The summed E-state index contributed by atoms with van der Waals surface area (Å²) < 4.78 is 5.63. The molecule has 0 atom stereocenters. The van der Waals surface area contributed by atoms with Crippen LogP contribution in [0.3, 0.4) is 0 Å². The van der Waals surface area contributed by atoms with Crippen molar-refractivity contribution < 1.29 is 4.74 Å². The minimum absolute atomic E-state index is 0.804. The van der Waals surface area contributed by atoms with Crippen LogP contribution < -0.4 is 10.1 Å². The zero-order chi connectivity index (χ0) is 12.6. The number of hydrogen-bond donors (Lipinski definition) is 1. The lowest BCUT2D eigenvalue weighted by atomic mass is 10.3. The highest BCUT2D eigenvalue weighted by Crippen LogP contribution is 2.17. The molecule has 1 aromatic carbocycles. The highest BCUT2D eigenvalue weighted by atomic mass is 32.1. The van der Waals surface area contributed by atoms with E-state index in [1.807, 2.05) is 12.1 Å². The van der Waals surface area contributed by atoms with Crippen LogP contribution in [0.1, 0.15) is 24.6 Å². The smallest absolute Gasteiger partial charge is 0.119 e. The molecule has 0 bridgehead atoms. The van der Waals surface area contributed by atoms with E-state index >= 15 is 0 Å². The van der Waals surface area contributed by atoms with Crippen LogP contribution in [0.15, 0.2) is 41.8 Å². The Balaban J connectivity index is 1.80. The number of hydrogen-bond acceptors (Lipinski definition) is 3. The first kappa shape index (κ1) is 13.0. The van der Waals surface area contributed by atoms with E-state index in [4.69, 9.17) is 4.74 Å². The van der Waals surface area contributed by atoms with Gasteiger partial charge in [0.2, 0.25) is 0 Å². The van der Waals surface area contributed by atoms with Gasteiger partial charge in [-0.15, -0.1) is 11.3 Å². The van der Waals surface area contributed by atoms with Crippen LogP contribution in [0.25, 0.3) is 0 Å². The van der Waals surface area contributed by atoms with Gasteiger partial charge in [-0.25, -0.2) is 0 Å². The van der Waals surface area contributed by atoms with E-state index in [2.05, 4.69) is 41.9 Å². The van der Waals surface area contributed by atoms with Crippen LogP contribution >= 0.6 is 11.3 Å². The molecule has 0 unspecified atom stereocenters. The Hall–Kier alpha value is -1.48. The van der Waals surface area contributed by atoms with Crippen LogP contribution in [0.4, 0.5) is 5.69 Å². The fourth-order valence-electron chi connectivity index (χ4n) is 1.61. The lowest BCUT2D eigenvalue weighted by Crippen LogP contribution is -1.98. The van der Waals surface area contributed by atoms with Crippen molar-refractivity contribution in [1.29, 1.82) is 0 Å². The molecule has 2 rings (SSSR count). The molecule has 0 aliphatic heterocycles. The van der Waals surface area contributed by atoms with E-state index in [1.54, 1.807) is 11.3 Å². The van der Waals surface area contributed by atoms with Gasteiger partial charge in [0, 0.05) is 17.1 Å². The number of benzene rings is 1.